The van der Waals surface area contributed by atoms with Gasteiger partial charge in [-0.05, 0) is 251 Å². The number of rotatable bonds is 8. The first-order chi connectivity index (χ1) is 59.2. The Morgan fingerprint density at radius 2 is 0.540 bits per heavy atom. The van der Waals surface area contributed by atoms with Gasteiger partial charge in [-0.15, -0.1) is 58.7 Å². The maximum atomic E-state index is 13.1. The molecule has 15 aromatic carbocycles. The van der Waals surface area contributed by atoms with Crippen molar-refractivity contribution in [3.05, 3.63) is 412 Å². The largest absolute Gasteiger partial charge is 0.512 e. The summed E-state index contributed by atoms with van der Waals surface area (Å²) in [5, 5.41) is 12.3. The van der Waals surface area contributed by atoms with Crippen LogP contribution in [0.3, 0.4) is 0 Å². The number of para-hydroxylation sites is 2. The van der Waals surface area contributed by atoms with Crippen LogP contribution in [-0.2, 0) is 57.4 Å². The van der Waals surface area contributed by atoms with Crippen molar-refractivity contribution in [2.24, 2.45) is 0 Å². The summed E-state index contributed by atoms with van der Waals surface area (Å²) in [6.07, 6.45) is 1.12. The molecule has 1 N–H and O–H groups in total. The molecule has 0 aliphatic heterocycles. The molecule has 0 atom stereocenters. The van der Waals surface area contributed by atoms with Crippen LogP contribution in [-0.4, -0.2) is 21.0 Å². The number of aromatic nitrogens is 2. The Hall–Kier alpha value is -13.2. The number of benzene rings is 15. The molecule has 23 rings (SSSR count). The van der Waals surface area contributed by atoms with Crippen LogP contribution in [0.2, 0.25) is 0 Å². The molecule has 6 aliphatic carbocycles. The normalized spacial score (nSPS) is 15.2. The number of carbonyl (C=O) groups is 1. The van der Waals surface area contributed by atoms with E-state index in [9.17, 15) is 9.90 Å². The van der Waals surface area contributed by atoms with Crippen molar-refractivity contribution in [3.63, 3.8) is 0 Å². The third kappa shape index (κ3) is 12.8. The van der Waals surface area contributed by atoms with Gasteiger partial charge in [0.05, 0.1) is 22.9 Å². The number of carbonyl (C=O) groups excluding carboxylic acids is 1. The number of esters is 1. The van der Waals surface area contributed by atoms with Crippen molar-refractivity contribution in [2.75, 3.05) is 0 Å². The van der Waals surface area contributed by atoms with E-state index < -0.39 is 5.97 Å². The van der Waals surface area contributed by atoms with Crippen molar-refractivity contribution in [3.8, 4) is 140 Å². The second-order valence-electron chi connectivity index (χ2n) is 37.6. The van der Waals surface area contributed by atoms with Crippen molar-refractivity contribution in [1.82, 2.24) is 9.97 Å². The molecule has 1 radical (unpaired) electrons. The number of ether oxygens (including phenoxy) is 1. The minimum absolute atomic E-state index is 0. The molecule has 2 aromatic heterocycles. The Balaban J connectivity index is 0.000000153. The van der Waals surface area contributed by atoms with Gasteiger partial charge in [0.15, 0.2) is 0 Å². The summed E-state index contributed by atoms with van der Waals surface area (Å²) in [6, 6.07) is 123. The van der Waals surface area contributed by atoms with Crippen molar-refractivity contribution >= 4 is 27.8 Å². The minimum Gasteiger partial charge on any atom is -0.512 e. The van der Waals surface area contributed by atoms with Crippen LogP contribution in [0.15, 0.2) is 333 Å². The van der Waals surface area contributed by atoms with Crippen molar-refractivity contribution < 1.29 is 34.7 Å². The zero-order valence-electron chi connectivity index (χ0n) is 72.2. The summed E-state index contributed by atoms with van der Waals surface area (Å²) in [6.45, 7) is 29.4. The Morgan fingerprint density at radius 1 is 0.282 bits per heavy atom. The molecule has 0 bridgehead atoms. The minimum atomic E-state index is -0.626. The van der Waals surface area contributed by atoms with E-state index in [1.807, 2.05) is 36.4 Å². The van der Waals surface area contributed by atoms with Gasteiger partial charge in [0, 0.05) is 41.8 Å². The first kappa shape index (κ1) is 79.3. The van der Waals surface area contributed by atoms with Crippen LogP contribution >= 0.6 is 0 Å². The Bertz CT molecular complexity index is 6980. The summed E-state index contributed by atoms with van der Waals surface area (Å²) >= 11 is 0. The molecule has 0 amide bonds. The zero-order valence-corrected chi connectivity index (χ0v) is 74.6. The molecule has 124 heavy (non-hydrogen) atoms. The fourth-order valence-electron chi connectivity index (χ4n) is 21.3. The van der Waals surface area contributed by atoms with Gasteiger partial charge in [0.25, 0.3) is 0 Å². The van der Waals surface area contributed by atoms with Crippen LogP contribution < -0.4 is 4.74 Å². The van der Waals surface area contributed by atoms with E-state index in [1.54, 1.807) is 0 Å². The fraction of sp³-hybridized carbons (Fsp3) is 0.161. The Kier molecular flexibility index (Phi) is 18.7. The second kappa shape index (κ2) is 29.2. The van der Waals surface area contributed by atoms with Gasteiger partial charge in [-0.2, -0.15) is 0 Å². The molecule has 0 saturated carbocycles. The molecule has 17 aromatic rings. The quantitative estimate of drug-likeness (QED) is 0.0540. The predicted octanol–water partition coefficient (Wildman–Crippen LogP) is 30.0. The standard InChI is InChI=1S/C70H58O3.2C24H18N.Ir/c1-40(71)30-66(72)73-49-32-47(45-22-28-56-54-26-20-43(36-62(54)69(6,7)64(56)38-45)41-18-24-52-50-14-10-12-16-58(50)67(2,3)60(52)34-41)31-48(33-49)46-23-29-57-55-27-21-44(37-63(55)70(8,9)65(57)39-46)42-19-25-53-51-15-11-13-17-59(51)68(4,5)61(53)35-42;2*1-24(2)20-9-5-4-8-18(20)19-13-11-17(15-21(19)24)23-14-12-16-7-3-6-10-22(16)25-23;/h10-39,71H,1-9H3;2*3-10,12-15H,1-2H3;/q;2*-1;/b40-30-;;;. The molecule has 2 heterocycles. The number of aliphatic hydroxyl groups is 1. The Morgan fingerprint density at radius 3 is 0.855 bits per heavy atom. The average molecular weight is 1780 g/mol. The summed E-state index contributed by atoms with van der Waals surface area (Å²) in [4.78, 5) is 22.8. The van der Waals surface area contributed by atoms with Gasteiger partial charge in [-0.1, -0.05) is 336 Å². The second-order valence-corrected chi connectivity index (χ2v) is 37.6. The topological polar surface area (TPSA) is 72.3 Å². The van der Waals surface area contributed by atoms with Gasteiger partial charge in [-0.25, -0.2) is 4.79 Å². The SMILES string of the molecule is C/C(O)=C/C(=O)Oc1cc(-c2ccc3c(c2)C(C)(C)c2cc(-c4ccc5c(c4)C(C)(C)c4ccccc4-5)ccc2-3)cc(-c2ccc3c(c2)C(C)(C)c2cc(-c4ccc5c(c4)C(C)(C)c4ccccc4-5)ccc2-3)c1.CC1(C)c2ccccc2-c2c[c-]c(-c3ccc4ccccc4n3)cc21.CC1(C)c2ccccc2-c2c[c-]c(-c3ccc4ccccc4n3)cc21.[Ir]. The number of nitrogens with zero attached hydrogens (tertiary/aromatic N) is 2. The molecule has 0 spiro atoms. The molecule has 0 saturated heterocycles. The molecule has 605 valence electrons. The predicted molar refractivity (Wildman–Crippen MR) is 508 cm³/mol. The number of hydrogen-bond donors (Lipinski definition) is 1. The van der Waals surface area contributed by atoms with E-state index in [0.717, 1.165) is 61.9 Å². The smallest absolute Gasteiger partial charge is 0.339 e. The summed E-state index contributed by atoms with van der Waals surface area (Å²) in [5.74, 6) is -0.319. The van der Waals surface area contributed by atoms with Crippen LogP contribution in [0.1, 0.15) is 157 Å². The molecule has 0 fully saturated rings. The van der Waals surface area contributed by atoms with Gasteiger partial charge >= 0.3 is 5.97 Å². The van der Waals surface area contributed by atoms with Gasteiger partial charge in [0.2, 0.25) is 0 Å². The molecule has 6 aliphatic rings. The van der Waals surface area contributed by atoms with E-state index in [2.05, 4.69) is 380 Å². The Labute approximate surface area is 741 Å². The average Bonchev–Trinajstić information content (AvgIpc) is 1.57. The third-order valence-electron chi connectivity index (χ3n) is 28.1. The van der Waals surface area contributed by atoms with E-state index >= 15 is 0 Å². The van der Waals surface area contributed by atoms with Crippen molar-refractivity contribution in [1.29, 1.82) is 0 Å². The van der Waals surface area contributed by atoms with E-state index in [1.165, 1.54) is 173 Å². The van der Waals surface area contributed by atoms with Crippen LogP contribution in [0.4, 0.5) is 0 Å². The fourth-order valence-corrected chi connectivity index (χ4v) is 21.3. The number of pyridine rings is 2. The van der Waals surface area contributed by atoms with Crippen LogP contribution in [0, 0.1) is 12.1 Å². The molecule has 5 nitrogen and oxygen atoms in total. The number of aliphatic hydroxyl groups excluding tert-OH is 1. The molecule has 0 unspecified atom stereocenters. The van der Waals surface area contributed by atoms with E-state index in [0.29, 0.717) is 5.75 Å². The molecular weight excluding hydrogens is 1690 g/mol. The monoisotopic (exact) mass is 1780 g/mol. The van der Waals surface area contributed by atoms with Crippen molar-refractivity contribution in [2.45, 2.75) is 122 Å². The van der Waals surface area contributed by atoms with Gasteiger partial charge in [-0.3, -0.25) is 9.97 Å². The first-order valence-corrected chi connectivity index (χ1v) is 43.1. The van der Waals surface area contributed by atoms with E-state index in [4.69, 9.17) is 14.7 Å². The summed E-state index contributed by atoms with van der Waals surface area (Å²) in [7, 11) is 0. The summed E-state index contributed by atoms with van der Waals surface area (Å²) < 4.78 is 5.97. The zero-order chi connectivity index (χ0) is 84.5. The van der Waals surface area contributed by atoms with Gasteiger partial charge in [0.1, 0.15) is 5.75 Å². The summed E-state index contributed by atoms with van der Waals surface area (Å²) in [5.41, 5.74) is 46.0. The van der Waals surface area contributed by atoms with Crippen LogP contribution in [0.25, 0.3) is 156 Å². The van der Waals surface area contributed by atoms with Crippen LogP contribution in [0.5, 0.6) is 5.75 Å². The molecular formula is C118H94IrN2O3-2. The number of hydrogen-bond acceptors (Lipinski definition) is 5. The van der Waals surface area contributed by atoms with E-state index in [-0.39, 0.29) is 58.4 Å². The first-order valence-electron chi connectivity index (χ1n) is 43.1. The third-order valence-corrected chi connectivity index (χ3v) is 28.1. The number of fused-ring (bicyclic) bond motifs is 20. The van der Waals surface area contributed by atoms with Gasteiger partial charge < -0.3 is 9.84 Å². The maximum absolute atomic E-state index is 13.1. The number of allylic oxidation sites excluding steroid dienone is 1. The molecule has 6 heteroatoms. The maximum Gasteiger partial charge on any atom is 0.339 e.